The van der Waals surface area contributed by atoms with Gasteiger partial charge in [0, 0.05) is 17.6 Å². The summed E-state index contributed by atoms with van der Waals surface area (Å²) in [4.78, 5) is 10.5. The van der Waals surface area contributed by atoms with Crippen LogP contribution in [0.4, 0.5) is 0 Å². The summed E-state index contributed by atoms with van der Waals surface area (Å²) in [6, 6.07) is 5.00. The number of carbonyl (C=O) groups is 1. The maximum absolute atomic E-state index is 10.5. The SMILES string of the molecule is O=C(O)CCc1cn(CCOc2ccc(Cl)cc2Cl)nn1. The van der Waals surface area contributed by atoms with Gasteiger partial charge in [0.05, 0.1) is 23.7 Å². The van der Waals surface area contributed by atoms with E-state index in [9.17, 15) is 4.79 Å². The van der Waals surface area contributed by atoms with E-state index in [2.05, 4.69) is 10.3 Å². The van der Waals surface area contributed by atoms with Crippen LogP contribution in [0.1, 0.15) is 12.1 Å². The Labute approximate surface area is 131 Å². The van der Waals surface area contributed by atoms with Gasteiger partial charge in [-0.1, -0.05) is 28.4 Å². The van der Waals surface area contributed by atoms with E-state index in [1.807, 2.05) is 0 Å². The van der Waals surface area contributed by atoms with Gasteiger partial charge in [-0.2, -0.15) is 0 Å². The standard InChI is InChI=1S/C13H13Cl2N3O3/c14-9-1-3-12(11(15)7-9)21-6-5-18-8-10(16-17-18)2-4-13(19)20/h1,3,7-8H,2,4-6H2,(H,19,20). The van der Waals surface area contributed by atoms with E-state index in [0.717, 1.165) is 0 Å². The summed E-state index contributed by atoms with van der Waals surface area (Å²) in [6.45, 7) is 0.849. The maximum Gasteiger partial charge on any atom is 0.303 e. The van der Waals surface area contributed by atoms with Crippen LogP contribution in [0.25, 0.3) is 0 Å². The number of nitrogens with zero attached hydrogens (tertiary/aromatic N) is 3. The fourth-order valence-corrected chi connectivity index (χ4v) is 2.10. The summed E-state index contributed by atoms with van der Waals surface area (Å²) in [5.41, 5.74) is 0.641. The van der Waals surface area contributed by atoms with E-state index < -0.39 is 5.97 Å². The first kappa shape index (κ1) is 15.6. The molecule has 8 heteroatoms. The lowest BCUT2D eigenvalue weighted by Gasteiger charge is -2.07. The van der Waals surface area contributed by atoms with E-state index in [4.69, 9.17) is 33.0 Å². The molecule has 0 bridgehead atoms. The van der Waals surface area contributed by atoms with Crippen molar-refractivity contribution in [1.82, 2.24) is 15.0 Å². The second-order valence-electron chi connectivity index (χ2n) is 4.29. The quantitative estimate of drug-likeness (QED) is 0.844. The molecule has 1 aromatic heterocycles. The summed E-state index contributed by atoms with van der Waals surface area (Å²) in [7, 11) is 0. The zero-order chi connectivity index (χ0) is 15.2. The van der Waals surface area contributed by atoms with Crippen LogP contribution in [0.3, 0.4) is 0 Å². The van der Waals surface area contributed by atoms with Crippen LogP contribution in [-0.4, -0.2) is 32.7 Å². The lowest BCUT2D eigenvalue weighted by atomic mass is 10.2. The molecule has 0 aliphatic rings. The summed E-state index contributed by atoms with van der Waals surface area (Å²) >= 11 is 11.8. The Bertz CT molecular complexity index is 631. The minimum atomic E-state index is -0.856. The molecule has 2 rings (SSSR count). The average Bonchev–Trinajstić information content (AvgIpc) is 2.87. The van der Waals surface area contributed by atoms with Crippen molar-refractivity contribution >= 4 is 29.2 Å². The molecule has 0 fully saturated rings. The Morgan fingerprint density at radius 2 is 2.19 bits per heavy atom. The topological polar surface area (TPSA) is 77.2 Å². The third kappa shape index (κ3) is 4.91. The van der Waals surface area contributed by atoms with Crippen molar-refractivity contribution in [2.45, 2.75) is 19.4 Å². The van der Waals surface area contributed by atoms with Gasteiger partial charge in [-0.3, -0.25) is 4.79 Å². The molecule has 0 radical (unpaired) electrons. The number of carboxylic acids is 1. The van der Waals surface area contributed by atoms with Gasteiger partial charge in [0.15, 0.2) is 0 Å². The fourth-order valence-electron chi connectivity index (χ4n) is 1.64. The molecular formula is C13H13Cl2N3O3. The Hall–Kier alpha value is -1.79. The monoisotopic (exact) mass is 329 g/mol. The zero-order valence-electron chi connectivity index (χ0n) is 11.0. The maximum atomic E-state index is 10.5. The normalized spacial score (nSPS) is 10.6. The van der Waals surface area contributed by atoms with Gasteiger partial charge in [-0.05, 0) is 18.2 Å². The zero-order valence-corrected chi connectivity index (χ0v) is 12.5. The van der Waals surface area contributed by atoms with Crippen LogP contribution in [-0.2, 0) is 17.8 Å². The lowest BCUT2D eigenvalue weighted by molar-refractivity contribution is -0.136. The van der Waals surface area contributed by atoms with Gasteiger partial charge >= 0.3 is 5.97 Å². The fraction of sp³-hybridized carbons (Fsp3) is 0.308. The van der Waals surface area contributed by atoms with E-state index in [0.29, 0.717) is 41.1 Å². The number of rotatable bonds is 7. The molecule has 0 saturated carbocycles. The van der Waals surface area contributed by atoms with Gasteiger partial charge in [0.25, 0.3) is 0 Å². The molecule has 1 heterocycles. The highest BCUT2D eigenvalue weighted by molar-refractivity contribution is 6.35. The molecular weight excluding hydrogens is 317 g/mol. The van der Waals surface area contributed by atoms with E-state index in [-0.39, 0.29) is 6.42 Å². The second-order valence-corrected chi connectivity index (χ2v) is 5.13. The summed E-state index contributed by atoms with van der Waals surface area (Å²) < 4.78 is 7.13. The highest BCUT2D eigenvalue weighted by Gasteiger charge is 2.05. The first-order valence-corrected chi connectivity index (χ1v) is 6.99. The number of carboxylic acid groups (broad SMARTS) is 1. The molecule has 0 spiro atoms. The number of hydrogen-bond donors (Lipinski definition) is 1. The van der Waals surface area contributed by atoms with Crippen molar-refractivity contribution in [3.63, 3.8) is 0 Å². The van der Waals surface area contributed by atoms with Crippen LogP contribution in [0.15, 0.2) is 24.4 Å². The van der Waals surface area contributed by atoms with E-state index in [1.165, 1.54) is 0 Å². The first-order valence-electron chi connectivity index (χ1n) is 6.23. The molecule has 1 N–H and O–H groups in total. The molecule has 112 valence electrons. The Kier molecular flexibility index (Phi) is 5.41. The minimum Gasteiger partial charge on any atom is -0.490 e. The van der Waals surface area contributed by atoms with E-state index >= 15 is 0 Å². The van der Waals surface area contributed by atoms with Gasteiger partial charge in [-0.15, -0.1) is 5.10 Å². The predicted molar refractivity (Wildman–Crippen MR) is 77.9 cm³/mol. The third-order valence-electron chi connectivity index (χ3n) is 2.65. The first-order chi connectivity index (χ1) is 10.0. The number of aliphatic carboxylic acids is 1. The highest BCUT2D eigenvalue weighted by atomic mass is 35.5. The number of benzene rings is 1. The lowest BCUT2D eigenvalue weighted by Crippen LogP contribution is -2.09. The highest BCUT2D eigenvalue weighted by Crippen LogP contribution is 2.27. The molecule has 0 amide bonds. The van der Waals surface area contributed by atoms with Crippen molar-refractivity contribution in [2.24, 2.45) is 0 Å². The van der Waals surface area contributed by atoms with Crippen molar-refractivity contribution in [2.75, 3.05) is 6.61 Å². The molecule has 6 nitrogen and oxygen atoms in total. The van der Waals surface area contributed by atoms with Crippen molar-refractivity contribution in [3.8, 4) is 5.75 Å². The number of aryl methyl sites for hydroxylation is 1. The Morgan fingerprint density at radius 1 is 1.38 bits per heavy atom. The Balaban J connectivity index is 1.82. The van der Waals surface area contributed by atoms with Crippen molar-refractivity contribution < 1.29 is 14.6 Å². The largest absolute Gasteiger partial charge is 0.490 e. The molecule has 21 heavy (non-hydrogen) atoms. The Morgan fingerprint density at radius 3 is 2.90 bits per heavy atom. The molecule has 1 aromatic carbocycles. The molecule has 0 unspecified atom stereocenters. The summed E-state index contributed by atoms with van der Waals surface area (Å²) in [5.74, 6) is -0.308. The molecule has 0 aliphatic carbocycles. The van der Waals surface area contributed by atoms with Gasteiger partial charge < -0.3 is 9.84 Å². The number of aromatic nitrogens is 3. The van der Waals surface area contributed by atoms with Gasteiger partial charge in [-0.25, -0.2) is 4.68 Å². The summed E-state index contributed by atoms with van der Waals surface area (Å²) in [5, 5.41) is 17.4. The molecule has 0 saturated heterocycles. The second kappa shape index (κ2) is 7.28. The minimum absolute atomic E-state index is 0.0373. The van der Waals surface area contributed by atoms with Crippen LogP contribution in [0.2, 0.25) is 10.0 Å². The number of halogens is 2. The smallest absolute Gasteiger partial charge is 0.303 e. The van der Waals surface area contributed by atoms with Crippen molar-refractivity contribution in [1.29, 1.82) is 0 Å². The van der Waals surface area contributed by atoms with E-state index in [1.54, 1.807) is 29.1 Å². The van der Waals surface area contributed by atoms with Crippen LogP contribution in [0.5, 0.6) is 5.75 Å². The number of hydrogen-bond acceptors (Lipinski definition) is 4. The van der Waals surface area contributed by atoms with Crippen LogP contribution >= 0.6 is 23.2 Å². The van der Waals surface area contributed by atoms with Gasteiger partial charge in [0.2, 0.25) is 0 Å². The molecule has 2 aromatic rings. The third-order valence-corrected chi connectivity index (χ3v) is 3.18. The average molecular weight is 330 g/mol. The molecule has 0 aliphatic heterocycles. The molecule has 0 atom stereocenters. The van der Waals surface area contributed by atoms with Crippen molar-refractivity contribution in [3.05, 3.63) is 40.1 Å². The predicted octanol–water partition coefficient (Wildman–Crippen LogP) is 2.68. The number of ether oxygens (including phenoxy) is 1. The summed E-state index contributed by atoms with van der Waals surface area (Å²) in [6.07, 6.45) is 2.10. The van der Waals surface area contributed by atoms with Gasteiger partial charge in [0.1, 0.15) is 12.4 Å². The van der Waals surface area contributed by atoms with Crippen LogP contribution in [0, 0.1) is 0 Å². The van der Waals surface area contributed by atoms with Crippen LogP contribution < -0.4 is 4.74 Å².